The van der Waals surface area contributed by atoms with E-state index in [1.165, 1.54) is 37.7 Å². The lowest BCUT2D eigenvalue weighted by Crippen LogP contribution is -2.10. The van der Waals surface area contributed by atoms with Gasteiger partial charge in [-0.15, -0.1) is 0 Å². The quantitative estimate of drug-likeness (QED) is 0.805. The van der Waals surface area contributed by atoms with Gasteiger partial charge in [0.1, 0.15) is 0 Å². The van der Waals surface area contributed by atoms with Crippen molar-refractivity contribution in [1.29, 1.82) is 0 Å². The molecule has 0 aliphatic heterocycles. The molecule has 1 aliphatic rings. The van der Waals surface area contributed by atoms with Crippen LogP contribution in [0.1, 0.15) is 55.2 Å². The SMILES string of the molecule is NC(C=S)c1ccc(C2CCCCC2)cc1. The van der Waals surface area contributed by atoms with Gasteiger partial charge in [0.15, 0.2) is 0 Å². The molecular formula is C14H19NS. The molecule has 0 spiro atoms. The second-order valence-corrected chi connectivity index (χ2v) is 4.94. The van der Waals surface area contributed by atoms with Gasteiger partial charge in [0.2, 0.25) is 0 Å². The van der Waals surface area contributed by atoms with Crippen LogP contribution in [-0.2, 0) is 0 Å². The number of hydrogen-bond donors (Lipinski definition) is 1. The lowest BCUT2D eigenvalue weighted by molar-refractivity contribution is 0.443. The Morgan fingerprint density at radius 2 is 1.75 bits per heavy atom. The summed E-state index contributed by atoms with van der Waals surface area (Å²) in [7, 11) is 0. The molecule has 1 aromatic carbocycles. The van der Waals surface area contributed by atoms with Gasteiger partial charge in [0.25, 0.3) is 0 Å². The number of rotatable bonds is 3. The van der Waals surface area contributed by atoms with Gasteiger partial charge in [-0.25, -0.2) is 0 Å². The molecule has 86 valence electrons. The third-order valence-electron chi connectivity index (χ3n) is 3.54. The Hall–Kier alpha value is -0.730. The fourth-order valence-corrected chi connectivity index (χ4v) is 2.66. The summed E-state index contributed by atoms with van der Waals surface area (Å²) in [6, 6.07) is 8.60. The molecule has 1 fully saturated rings. The van der Waals surface area contributed by atoms with Crippen LogP contribution in [0.2, 0.25) is 0 Å². The van der Waals surface area contributed by atoms with E-state index in [1.807, 2.05) is 0 Å². The fraction of sp³-hybridized carbons (Fsp3) is 0.500. The van der Waals surface area contributed by atoms with E-state index in [2.05, 4.69) is 24.3 Å². The second-order valence-electron chi connectivity index (χ2n) is 4.66. The molecule has 0 bridgehead atoms. The van der Waals surface area contributed by atoms with Gasteiger partial charge in [-0.1, -0.05) is 55.7 Å². The predicted octanol–water partition coefficient (Wildman–Crippen LogP) is 3.73. The van der Waals surface area contributed by atoms with Crippen molar-refractivity contribution < 1.29 is 0 Å². The van der Waals surface area contributed by atoms with Crippen LogP contribution in [0.5, 0.6) is 0 Å². The van der Waals surface area contributed by atoms with Gasteiger partial charge in [-0.05, 0) is 29.9 Å². The first kappa shape index (κ1) is 11.7. The smallest absolute Gasteiger partial charge is 0.0585 e. The summed E-state index contributed by atoms with van der Waals surface area (Å²) >= 11 is 4.86. The van der Waals surface area contributed by atoms with Crippen LogP contribution >= 0.6 is 12.2 Å². The third-order valence-corrected chi connectivity index (χ3v) is 3.84. The van der Waals surface area contributed by atoms with E-state index in [0.717, 1.165) is 11.5 Å². The molecule has 2 rings (SSSR count). The summed E-state index contributed by atoms with van der Waals surface area (Å²) in [5.74, 6) is 0.770. The maximum atomic E-state index is 5.86. The molecule has 1 atom stereocenters. The molecule has 0 radical (unpaired) electrons. The molecule has 2 N–H and O–H groups in total. The topological polar surface area (TPSA) is 26.0 Å². The third kappa shape index (κ3) is 2.69. The predicted molar refractivity (Wildman–Crippen MR) is 72.9 cm³/mol. The van der Waals surface area contributed by atoms with Crippen LogP contribution in [0.4, 0.5) is 0 Å². The number of nitrogens with two attached hydrogens (primary N) is 1. The van der Waals surface area contributed by atoms with Crippen LogP contribution in [0.15, 0.2) is 24.3 Å². The van der Waals surface area contributed by atoms with Crippen LogP contribution < -0.4 is 5.73 Å². The summed E-state index contributed by atoms with van der Waals surface area (Å²) in [5, 5.41) is 1.62. The maximum absolute atomic E-state index is 5.86. The van der Waals surface area contributed by atoms with Gasteiger partial charge < -0.3 is 5.73 Å². The molecule has 16 heavy (non-hydrogen) atoms. The molecule has 0 aromatic heterocycles. The largest absolute Gasteiger partial charge is 0.320 e. The monoisotopic (exact) mass is 233 g/mol. The average molecular weight is 233 g/mol. The zero-order chi connectivity index (χ0) is 11.4. The average Bonchev–Trinajstić information content (AvgIpc) is 2.39. The highest BCUT2D eigenvalue weighted by atomic mass is 32.1. The highest BCUT2D eigenvalue weighted by Gasteiger charge is 2.15. The first-order valence-electron chi connectivity index (χ1n) is 6.12. The first-order valence-corrected chi connectivity index (χ1v) is 6.59. The Morgan fingerprint density at radius 3 is 2.31 bits per heavy atom. The van der Waals surface area contributed by atoms with E-state index >= 15 is 0 Å². The molecule has 0 heterocycles. The molecule has 1 saturated carbocycles. The summed E-state index contributed by atoms with van der Waals surface area (Å²) < 4.78 is 0. The van der Waals surface area contributed by atoms with Crippen molar-refractivity contribution in [3.8, 4) is 0 Å². The number of benzene rings is 1. The molecule has 1 nitrogen and oxygen atoms in total. The minimum Gasteiger partial charge on any atom is -0.320 e. The van der Waals surface area contributed by atoms with Gasteiger partial charge in [-0.3, -0.25) is 0 Å². The van der Waals surface area contributed by atoms with E-state index in [-0.39, 0.29) is 6.04 Å². The Labute approximate surface area is 103 Å². The van der Waals surface area contributed by atoms with E-state index < -0.39 is 0 Å². The summed E-state index contributed by atoms with van der Waals surface area (Å²) in [6.45, 7) is 0. The first-order chi connectivity index (χ1) is 7.81. The van der Waals surface area contributed by atoms with Gasteiger partial charge in [-0.2, -0.15) is 0 Å². The summed E-state index contributed by atoms with van der Waals surface area (Å²) in [4.78, 5) is 0. The Bertz CT molecular complexity index is 338. The van der Waals surface area contributed by atoms with Crippen molar-refractivity contribution in [3.05, 3.63) is 35.4 Å². The van der Waals surface area contributed by atoms with Crippen molar-refractivity contribution in [2.45, 2.75) is 44.1 Å². The van der Waals surface area contributed by atoms with Crippen molar-refractivity contribution in [1.82, 2.24) is 0 Å². The van der Waals surface area contributed by atoms with Gasteiger partial charge in [0.05, 0.1) is 6.04 Å². The fourth-order valence-electron chi connectivity index (χ4n) is 2.50. The van der Waals surface area contributed by atoms with Crippen LogP contribution in [0.25, 0.3) is 0 Å². The zero-order valence-electron chi connectivity index (χ0n) is 9.56. The van der Waals surface area contributed by atoms with Crippen molar-refractivity contribution in [2.75, 3.05) is 0 Å². The van der Waals surface area contributed by atoms with Crippen LogP contribution in [0, 0.1) is 0 Å². The van der Waals surface area contributed by atoms with E-state index in [4.69, 9.17) is 18.0 Å². The minimum atomic E-state index is -0.101. The Kier molecular flexibility index (Phi) is 4.08. The van der Waals surface area contributed by atoms with Crippen molar-refractivity contribution >= 4 is 17.6 Å². The van der Waals surface area contributed by atoms with E-state index in [0.29, 0.717) is 0 Å². The van der Waals surface area contributed by atoms with Crippen LogP contribution in [-0.4, -0.2) is 5.37 Å². The minimum absolute atomic E-state index is 0.101. The molecule has 0 amide bonds. The van der Waals surface area contributed by atoms with E-state index in [1.54, 1.807) is 5.37 Å². The van der Waals surface area contributed by atoms with E-state index in [9.17, 15) is 0 Å². The molecular weight excluding hydrogens is 214 g/mol. The van der Waals surface area contributed by atoms with Crippen molar-refractivity contribution in [2.24, 2.45) is 5.73 Å². The standard InChI is InChI=1S/C14H19NS/c15-14(10-16)13-8-6-12(7-9-13)11-4-2-1-3-5-11/h6-11,14H,1-5,15H2. The second kappa shape index (κ2) is 5.55. The highest BCUT2D eigenvalue weighted by molar-refractivity contribution is 7.79. The molecule has 1 unspecified atom stereocenters. The molecule has 2 heteroatoms. The van der Waals surface area contributed by atoms with Gasteiger partial charge >= 0.3 is 0 Å². The number of thiocarbonyl (C=S) groups is 1. The van der Waals surface area contributed by atoms with Crippen LogP contribution in [0.3, 0.4) is 0 Å². The Balaban J connectivity index is 2.08. The molecule has 0 saturated heterocycles. The maximum Gasteiger partial charge on any atom is 0.0585 e. The van der Waals surface area contributed by atoms with Crippen molar-refractivity contribution in [3.63, 3.8) is 0 Å². The number of hydrogen-bond acceptors (Lipinski definition) is 2. The molecule has 1 aliphatic carbocycles. The zero-order valence-corrected chi connectivity index (χ0v) is 10.4. The summed E-state index contributed by atoms with van der Waals surface area (Å²) in [6.07, 6.45) is 6.86. The van der Waals surface area contributed by atoms with Gasteiger partial charge in [0, 0.05) is 5.37 Å². The lowest BCUT2D eigenvalue weighted by atomic mass is 9.84. The molecule has 1 aromatic rings. The lowest BCUT2D eigenvalue weighted by Gasteiger charge is -2.22. The Morgan fingerprint density at radius 1 is 1.12 bits per heavy atom. The summed E-state index contributed by atoms with van der Waals surface area (Å²) in [5.41, 5.74) is 8.46. The highest BCUT2D eigenvalue weighted by Crippen LogP contribution is 2.32. The normalized spacial score (nSPS) is 19.3.